The maximum Gasteiger partial charge on any atom is 0.0503 e. The number of halogens is 1. The van der Waals surface area contributed by atoms with Crippen LogP contribution in [0.5, 0.6) is 0 Å². The van der Waals surface area contributed by atoms with Crippen LogP contribution in [0.25, 0.3) is 0 Å². The molecular formula is C13H17IN2. The van der Waals surface area contributed by atoms with E-state index in [9.17, 15) is 0 Å². The van der Waals surface area contributed by atoms with Crippen LogP contribution in [0.3, 0.4) is 0 Å². The molecule has 2 aliphatic rings. The third-order valence-corrected chi connectivity index (χ3v) is 4.90. The van der Waals surface area contributed by atoms with E-state index in [1.165, 1.54) is 41.6 Å². The van der Waals surface area contributed by atoms with Gasteiger partial charge in [-0.25, -0.2) is 0 Å². The number of hydrogen-bond acceptors (Lipinski definition) is 2. The molecule has 0 bridgehead atoms. The molecule has 0 radical (unpaired) electrons. The third-order valence-electron chi connectivity index (χ3n) is 4.04. The highest BCUT2D eigenvalue weighted by atomic mass is 127. The molecule has 2 atom stereocenters. The molecule has 0 spiro atoms. The lowest BCUT2D eigenvalue weighted by molar-refractivity contribution is 0.494. The van der Waals surface area contributed by atoms with E-state index >= 15 is 0 Å². The Hall–Kier alpha value is -0.450. The van der Waals surface area contributed by atoms with Gasteiger partial charge in [-0.1, -0.05) is 6.42 Å². The van der Waals surface area contributed by atoms with Crippen molar-refractivity contribution in [3.63, 3.8) is 0 Å². The van der Waals surface area contributed by atoms with Gasteiger partial charge in [-0.2, -0.15) is 0 Å². The van der Waals surface area contributed by atoms with Crippen molar-refractivity contribution in [2.45, 2.75) is 19.3 Å². The lowest BCUT2D eigenvalue weighted by atomic mass is 10.0. The second kappa shape index (κ2) is 4.09. The molecule has 2 N–H and O–H groups in total. The van der Waals surface area contributed by atoms with Crippen LogP contribution in [0.15, 0.2) is 18.2 Å². The van der Waals surface area contributed by atoms with Crippen molar-refractivity contribution in [3.05, 3.63) is 21.8 Å². The first-order valence-corrected chi connectivity index (χ1v) is 7.12. The Labute approximate surface area is 110 Å². The summed E-state index contributed by atoms with van der Waals surface area (Å²) in [4.78, 5) is 2.55. The molecule has 1 aliphatic carbocycles. The van der Waals surface area contributed by atoms with E-state index in [1.54, 1.807) is 0 Å². The number of benzene rings is 1. The molecule has 0 aromatic heterocycles. The molecule has 1 aromatic carbocycles. The zero-order valence-electron chi connectivity index (χ0n) is 9.32. The van der Waals surface area contributed by atoms with Gasteiger partial charge in [-0.15, -0.1) is 0 Å². The van der Waals surface area contributed by atoms with Crippen molar-refractivity contribution in [2.75, 3.05) is 23.7 Å². The van der Waals surface area contributed by atoms with E-state index in [0.29, 0.717) is 0 Å². The summed E-state index contributed by atoms with van der Waals surface area (Å²) in [6.45, 7) is 2.51. The highest BCUT2D eigenvalue weighted by molar-refractivity contribution is 14.1. The summed E-state index contributed by atoms with van der Waals surface area (Å²) in [5.41, 5.74) is 8.04. The van der Waals surface area contributed by atoms with Crippen molar-refractivity contribution >= 4 is 34.0 Å². The monoisotopic (exact) mass is 328 g/mol. The topological polar surface area (TPSA) is 29.3 Å². The van der Waals surface area contributed by atoms with Gasteiger partial charge in [-0.05, 0) is 65.5 Å². The Bertz CT molecular complexity index is 393. The van der Waals surface area contributed by atoms with Gasteiger partial charge >= 0.3 is 0 Å². The molecule has 1 saturated carbocycles. The maximum atomic E-state index is 5.79. The SMILES string of the molecule is Nc1ccc(N2CC3CCCC3C2)c(I)c1. The average Bonchev–Trinajstić information content (AvgIpc) is 2.76. The van der Waals surface area contributed by atoms with E-state index in [-0.39, 0.29) is 0 Å². The van der Waals surface area contributed by atoms with Gasteiger partial charge in [0.2, 0.25) is 0 Å². The van der Waals surface area contributed by atoms with Crippen molar-refractivity contribution < 1.29 is 0 Å². The summed E-state index contributed by atoms with van der Waals surface area (Å²) in [5.74, 6) is 1.90. The molecule has 0 amide bonds. The molecule has 2 unspecified atom stereocenters. The van der Waals surface area contributed by atoms with Gasteiger partial charge in [0, 0.05) is 22.3 Å². The molecule has 1 saturated heterocycles. The van der Waals surface area contributed by atoms with Crippen LogP contribution in [0.2, 0.25) is 0 Å². The first-order chi connectivity index (χ1) is 7.74. The number of nitrogens with zero attached hydrogens (tertiary/aromatic N) is 1. The largest absolute Gasteiger partial charge is 0.399 e. The average molecular weight is 328 g/mol. The summed E-state index contributed by atoms with van der Waals surface area (Å²) in [5, 5.41) is 0. The van der Waals surface area contributed by atoms with E-state index in [0.717, 1.165) is 17.5 Å². The number of hydrogen-bond donors (Lipinski definition) is 1. The molecular weight excluding hydrogens is 311 g/mol. The normalized spacial score (nSPS) is 28.4. The van der Waals surface area contributed by atoms with Crippen LogP contribution < -0.4 is 10.6 Å². The minimum absolute atomic E-state index is 0.868. The molecule has 86 valence electrons. The number of nitrogens with two attached hydrogens (primary N) is 1. The number of rotatable bonds is 1. The van der Waals surface area contributed by atoms with E-state index in [2.05, 4.69) is 39.6 Å². The third kappa shape index (κ3) is 1.79. The first-order valence-electron chi connectivity index (χ1n) is 6.04. The minimum atomic E-state index is 0.868. The van der Waals surface area contributed by atoms with Gasteiger partial charge in [0.05, 0.1) is 5.69 Å². The fraction of sp³-hybridized carbons (Fsp3) is 0.538. The fourth-order valence-electron chi connectivity index (χ4n) is 3.21. The summed E-state index contributed by atoms with van der Waals surface area (Å²) in [7, 11) is 0. The van der Waals surface area contributed by atoms with Crippen LogP contribution in [0.4, 0.5) is 11.4 Å². The van der Waals surface area contributed by atoms with Crippen molar-refractivity contribution in [1.29, 1.82) is 0 Å². The second-order valence-electron chi connectivity index (χ2n) is 5.07. The molecule has 2 nitrogen and oxygen atoms in total. The van der Waals surface area contributed by atoms with Crippen LogP contribution in [-0.2, 0) is 0 Å². The van der Waals surface area contributed by atoms with Crippen LogP contribution >= 0.6 is 22.6 Å². The predicted molar refractivity (Wildman–Crippen MR) is 76.6 cm³/mol. The Morgan fingerprint density at radius 3 is 2.50 bits per heavy atom. The molecule has 3 rings (SSSR count). The van der Waals surface area contributed by atoms with E-state index in [1.807, 2.05) is 6.07 Å². The number of fused-ring (bicyclic) bond motifs is 1. The molecule has 1 heterocycles. The standard InChI is InChI=1S/C13H17IN2/c14-12-6-11(15)4-5-13(12)16-7-9-2-1-3-10(9)8-16/h4-6,9-10H,1-3,7-8,15H2. The van der Waals surface area contributed by atoms with Crippen LogP contribution in [-0.4, -0.2) is 13.1 Å². The predicted octanol–water partition coefficient (Wildman–Crippen LogP) is 3.11. The van der Waals surface area contributed by atoms with Crippen molar-refractivity contribution in [2.24, 2.45) is 11.8 Å². The minimum Gasteiger partial charge on any atom is -0.399 e. The van der Waals surface area contributed by atoms with Crippen LogP contribution in [0, 0.1) is 15.4 Å². The smallest absolute Gasteiger partial charge is 0.0503 e. The Balaban J connectivity index is 1.83. The van der Waals surface area contributed by atoms with Gasteiger partial charge in [0.15, 0.2) is 0 Å². The van der Waals surface area contributed by atoms with Gasteiger partial charge < -0.3 is 10.6 Å². The number of nitrogen functional groups attached to an aromatic ring is 1. The quantitative estimate of drug-likeness (QED) is 0.634. The summed E-state index contributed by atoms with van der Waals surface area (Å²) in [6.07, 6.45) is 4.32. The van der Waals surface area contributed by atoms with Crippen molar-refractivity contribution in [3.8, 4) is 0 Å². The van der Waals surface area contributed by atoms with Crippen LogP contribution in [0.1, 0.15) is 19.3 Å². The maximum absolute atomic E-state index is 5.79. The van der Waals surface area contributed by atoms with Gasteiger partial charge in [0.1, 0.15) is 0 Å². The number of anilines is 2. The Morgan fingerprint density at radius 1 is 1.19 bits per heavy atom. The lowest BCUT2D eigenvalue weighted by Crippen LogP contribution is -2.21. The molecule has 2 fully saturated rings. The second-order valence-corrected chi connectivity index (χ2v) is 6.23. The first kappa shape index (κ1) is 10.7. The Kier molecular flexibility index (Phi) is 2.73. The van der Waals surface area contributed by atoms with Gasteiger partial charge in [0.25, 0.3) is 0 Å². The molecule has 1 aromatic rings. The van der Waals surface area contributed by atoms with Crippen molar-refractivity contribution in [1.82, 2.24) is 0 Å². The molecule has 1 aliphatic heterocycles. The Morgan fingerprint density at radius 2 is 1.88 bits per heavy atom. The highest BCUT2D eigenvalue weighted by Gasteiger charge is 2.36. The highest BCUT2D eigenvalue weighted by Crippen LogP contribution is 2.40. The lowest BCUT2D eigenvalue weighted by Gasteiger charge is -2.21. The van der Waals surface area contributed by atoms with E-state index in [4.69, 9.17) is 5.73 Å². The summed E-state index contributed by atoms with van der Waals surface area (Å²) in [6, 6.07) is 6.27. The molecule has 3 heteroatoms. The van der Waals surface area contributed by atoms with E-state index < -0.39 is 0 Å². The molecule has 16 heavy (non-hydrogen) atoms. The summed E-state index contributed by atoms with van der Waals surface area (Å²) >= 11 is 2.40. The summed E-state index contributed by atoms with van der Waals surface area (Å²) < 4.78 is 1.29. The van der Waals surface area contributed by atoms with Gasteiger partial charge in [-0.3, -0.25) is 0 Å². The zero-order valence-corrected chi connectivity index (χ0v) is 11.5. The zero-order chi connectivity index (χ0) is 11.1. The fourth-order valence-corrected chi connectivity index (χ4v) is 4.09.